The number of nitrogens with zero attached hydrogens (tertiary/aromatic N) is 2. The van der Waals surface area contributed by atoms with E-state index in [4.69, 9.17) is 0 Å². The molecule has 0 spiro atoms. The molecule has 17 heavy (non-hydrogen) atoms. The minimum absolute atomic E-state index is 0.313. The van der Waals surface area contributed by atoms with Crippen molar-refractivity contribution in [3.8, 4) is 0 Å². The zero-order valence-corrected chi connectivity index (χ0v) is 9.58. The van der Waals surface area contributed by atoms with Crippen molar-refractivity contribution >= 4 is 6.21 Å². The van der Waals surface area contributed by atoms with Gasteiger partial charge >= 0.3 is 0 Å². The van der Waals surface area contributed by atoms with E-state index in [1.807, 2.05) is 24.4 Å². The quantitative estimate of drug-likeness (QED) is 0.716. The van der Waals surface area contributed by atoms with E-state index in [9.17, 15) is 0 Å². The number of fused-ring (bicyclic) bond motifs is 1. The second kappa shape index (κ2) is 4.50. The van der Waals surface area contributed by atoms with Gasteiger partial charge in [-0.15, -0.1) is 0 Å². The summed E-state index contributed by atoms with van der Waals surface area (Å²) in [6.45, 7) is 0. The molecule has 0 bridgehead atoms. The Morgan fingerprint density at radius 3 is 2.88 bits per heavy atom. The minimum atomic E-state index is 0.313. The number of benzene rings is 1. The highest BCUT2D eigenvalue weighted by Crippen LogP contribution is 2.33. The molecule has 2 heteroatoms. The first-order valence-corrected chi connectivity index (χ1v) is 5.95. The fraction of sp³-hybridized carbons (Fsp3) is 0.200. The van der Waals surface area contributed by atoms with Gasteiger partial charge in [-0.25, -0.2) is 0 Å². The highest BCUT2D eigenvalue weighted by Gasteiger charge is 2.20. The molecule has 0 saturated heterocycles. The summed E-state index contributed by atoms with van der Waals surface area (Å²) in [5.41, 5.74) is 3.74. The van der Waals surface area contributed by atoms with Crippen LogP contribution in [0.15, 0.2) is 53.7 Å². The molecule has 1 aliphatic carbocycles. The standard InChI is InChI=1S/C15H14N2/c1-2-7-14-12(5-1)8-9-15(14)17-11-13-6-3-4-10-16-13/h1-7,10-11,15H,8-9H2. The molecule has 84 valence electrons. The van der Waals surface area contributed by atoms with Gasteiger partial charge in [-0.1, -0.05) is 30.3 Å². The Morgan fingerprint density at radius 1 is 1.12 bits per heavy atom. The number of hydrogen-bond donors (Lipinski definition) is 0. The van der Waals surface area contributed by atoms with E-state index in [-0.39, 0.29) is 0 Å². The summed E-state index contributed by atoms with van der Waals surface area (Å²) in [6, 6.07) is 14.8. The van der Waals surface area contributed by atoms with E-state index in [2.05, 4.69) is 34.2 Å². The maximum absolute atomic E-state index is 4.65. The molecule has 1 aromatic carbocycles. The van der Waals surface area contributed by atoms with Crippen molar-refractivity contribution in [1.29, 1.82) is 0 Å². The van der Waals surface area contributed by atoms with Crippen LogP contribution in [0.4, 0.5) is 0 Å². The van der Waals surface area contributed by atoms with Crippen molar-refractivity contribution < 1.29 is 0 Å². The minimum Gasteiger partial charge on any atom is -0.283 e. The highest BCUT2D eigenvalue weighted by molar-refractivity contribution is 5.77. The molecule has 0 aliphatic heterocycles. The normalized spacial score (nSPS) is 18.5. The van der Waals surface area contributed by atoms with E-state index >= 15 is 0 Å². The van der Waals surface area contributed by atoms with Gasteiger partial charge in [0.2, 0.25) is 0 Å². The van der Waals surface area contributed by atoms with Gasteiger partial charge in [-0.3, -0.25) is 9.98 Å². The fourth-order valence-electron chi connectivity index (χ4n) is 2.31. The van der Waals surface area contributed by atoms with Gasteiger partial charge < -0.3 is 0 Å². The van der Waals surface area contributed by atoms with Crippen molar-refractivity contribution in [2.24, 2.45) is 4.99 Å². The summed E-state index contributed by atoms with van der Waals surface area (Å²) >= 11 is 0. The number of aryl methyl sites for hydroxylation is 1. The molecule has 1 atom stereocenters. The van der Waals surface area contributed by atoms with E-state index < -0.39 is 0 Å². The smallest absolute Gasteiger partial charge is 0.0808 e. The van der Waals surface area contributed by atoms with Crippen molar-refractivity contribution in [3.05, 3.63) is 65.5 Å². The van der Waals surface area contributed by atoms with Gasteiger partial charge in [0.15, 0.2) is 0 Å². The molecule has 0 N–H and O–H groups in total. The van der Waals surface area contributed by atoms with E-state index in [1.54, 1.807) is 6.20 Å². The van der Waals surface area contributed by atoms with Gasteiger partial charge in [0.1, 0.15) is 0 Å². The Bertz CT molecular complexity index is 532. The predicted molar refractivity (Wildman–Crippen MR) is 69.3 cm³/mol. The number of aliphatic imine (C=N–C) groups is 1. The first-order chi connectivity index (χ1) is 8.43. The molecule has 2 aromatic rings. The van der Waals surface area contributed by atoms with Gasteiger partial charge in [0.05, 0.1) is 11.7 Å². The lowest BCUT2D eigenvalue weighted by Crippen LogP contribution is -1.92. The monoisotopic (exact) mass is 222 g/mol. The van der Waals surface area contributed by atoms with E-state index in [0.29, 0.717) is 6.04 Å². The Labute approximate surface area is 101 Å². The van der Waals surface area contributed by atoms with Crippen molar-refractivity contribution in [3.63, 3.8) is 0 Å². The molecule has 0 amide bonds. The van der Waals surface area contributed by atoms with Crippen LogP contribution in [0.1, 0.15) is 29.3 Å². The van der Waals surface area contributed by atoms with Crippen LogP contribution in [0.5, 0.6) is 0 Å². The van der Waals surface area contributed by atoms with Gasteiger partial charge in [-0.2, -0.15) is 0 Å². The fourth-order valence-corrected chi connectivity index (χ4v) is 2.31. The SMILES string of the molecule is C(=NC1CCc2ccccc21)c1ccccn1. The summed E-state index contributed by atoms with van der Waals surface area (Å²) in [6.07, 6.45) is 5.93. The summed E-state index contributed by atoms with van der Waals surface area (Å²) < 4.78 is 0. The third kappa shape index (κ3) is 2.11. The van der Waals surface area contributed by atoms with Crippen LogP contribution >= 0.6 is 0 Å². The lowest BCUT2D eigenvalue weighted by atomic mass is 10.1. The number of hydrogen-bond acceptors (Lipinski definition) is 2. The molecule has 1 aromatic heterocycles. The molecular formula is C15H14N2. The zero-order valence-electron chi connectivity index (χ0n) is 9.58. The maximum Gasteiger partial charge on any atom is 0.0808 e. The van der Waals surface area contributed by atoms with E-state index in [1.165, 1.54) is 11.1 Å². The second-order valence-electron chi connectivity index (χ2n) is 4.29. The van der Waals surface area contributed by atoms with E-state index in [0.717, 1.165) is 18.5 Å². The van der Waals surface area contributed by atoms with Crippen LogP contribution in [-0.2, 0) is 6.42 Å². The molecule has 2 nitrogen and oxygen atoms in total. The van der Waals surface area contributed by atoms with Gasteiger partial charge in [-0.05, 0) is 36.1 Å². The van der Waals surface area contributed by atoms with Crippen LogP contribution < -0.4 is 0 Å². The summed E-state index contributed by atoms with van der Waals surface area (Å²) in [5, 5.41) is 0. The van der Waals surface area contributed by atoms with Gasteiger partial charge in [0, 0.05) is 12.4 Å². The van der Waals surface area contributed by atoms with Crippen LogP contribution in [-0.4, -0.2) is 11.2 Å². The molecule has 3 rings (SSSR count). The summed E-state index contributed by atoms with van der Waals surface area (Å²) in [4.78, 5) is 8.89. The first kappa shape index (κ1) is 10.2. The lowest BCUT2D eigenvalue weighted by molar-refractivity contribution is 0.719. The maximum atomic E-state index is 4.65. The highest BCUT2D eigenvalue weighted by atomic mass is 14.8. The molecule has 0 fully saturated rings. The van der Waals surface area contributed by atoms with Crippen LogP contribution in [0, 0.1) is 0 Å². The average molecular weight is 222 g/mol. The Kier molecular flexibility index (Phi) is 2.70. The molecule has 1 unspecified atom stereocenters. The van der Waals surface area contributed by atoms with Crippen LogP contribution in [0.3, 0.4) is 0 Å². The van der Waals surface area contributed by atoms with Crippen molar-refractivity contribution in [1.82, 2.24) is 4.98 Å². The second-order valence-corrected chi connectivity index (χ2v) is 4.29. The third-order valence-electron chi connectivity index (χ3n) is 3.18. The van der Waals surface area contributed by atoms with Crippen LogP contribution in [0.25, 0.3) is 0 Å². The van der Waals surface area contributed by atoms with Crippen molar-refractivity contribution in [2.75, 3.05) is 0 Å². The number of aromatic nitrogens is 1. The average Bonchev–Trinajstić information content (AvgIpc) is 2.81. The summed E-state index contributed by atoms with van der Waals surface area (Å²) in [7, 11) is 0. The molecule has 1 heterocycles. The number of rotatable bonds is 2. The van der Waals surface area contributed by atoms with Gasteiger partial charge in [0.25, 0.3) is 0 Å². The molecular weight excluding hydrogens is 208 g/mol. The first-order valence-electron chi connectivity index (χ1n) is 5.95. The predicted octanol–water partition coefficient (Wildman–Crippen LogP) is 3.19. The molecule has 0 radical (unpaired) electrons. The van der Waals surface area contributed by atoms with Crippen LogP contribution in [0.2, 0.25) is 0 Å². The Balaban J connectivity index is 1.82. The topological polar surface area (TPSA) is 25.2 Å². The Hall–Kier alpha value is -1.96. The lowest BCUT2D eigenvalue weighted by Gasteiger charge is -2.04. The summed E-state index contributed by atoms with van der Waals surface area (Å²) in [5.74, 6) is 0. The molecule has 0 saturated carbocycles. The zero-order chi connectivity index (χ0) is 11.5. The third-order valence-corrected chi connectivity index (χ3v) is 3.18. The number of pyridine rings is 1. The Morgan fingerprint density at radius 2 is 2.00 bits per heavy atom. The largest absolute Gasteiger partial charge is 0.283 e. The molecule has 1 aliphatic rings. The van der Waals surface area contributed by atoms with Crippen molar-refractivity contribution in [2.45, 2.75) is 18.9 Å².